The van der Waals surface area contributed by atoms with Gasteiger partial charge in [-0.1, -0.05) is 18.2 Å². The monoisotopic (exact) mass is 223 g/mol. The molecule has 5 heteroatoms. The number of rotatable bonds is 4. The molecule has 0 heterocycles. The van der Waals surface area contributed by atoms with Gasteiger partial charge in [0.15, 0.2) is 0 Å². The summed E-state index contributed by atoms with van der Waals surface area (Å²) in [6.45, 7) is 0.841. The van der Waals surface area contributed by atoms with Gasteiger partial charge in [0.2, 0.25) is 0 Å². The highest BCUT2D eigenvalue weighted by atomic mass is 16.4. The maximum Gasteiger partial charge on any atom is 0.323 e. The van der Waals surface area contributed by atoms with Gasteiger partial charge in [0.05, 0.1) is 0 Å². The van der Waals surface area contributed by atoms with Crippen molar-refractivity contribution in [3.05, 3.63) is 30.3 Å². The average molecular weight is 223 g/mol. The number of amides is 1. The average Bonchev–Trinajstić information content (AvgIpc) is 2.26. The molecule has 1 atom stereocenters. The fourth-order valence-electron chi connectivity index (χ4n) is 1.27. The lowest BCUT2D eigenvalue weighted by atomic mass is 10.2. The predicted molar refractivity (Wildman–Crippen MR) is 58.1 cm³/mol. The van der Waals surface area contributed by atoms with Crippen molar-refractivity contribution < 1.29 is 19.8 Å². The van der Waals surface area contributed by atoms with Gasteiger partial charge in [0, 0.05) is 5.69 Å². The Morgan fingerprint density at radius 3 is 2.31 bits per heavy atom. The number of para-hydroxylation sites is 1. The van der Waals surface area contributed by atoms with Crippen LogP contribution >= 0.6 is 0 Å². The van der Waals surface area contributed by atoms with Crippen LogP contribution in [0.2, 0.25) is 0 Å². The lowest BCUT2D eigenvalue weighted by Gasteiger charge is -2.22. The van der Waals surface area contributed by atoms with Crippen molar-refractivity contribution in [1.82, 2.24) is 0 Å². The van der Waals surface area contributed by atoms with Gasteiger partial charge in [-0.25, -0.2) is 0 Å². The standard InChI is InChI=1S/C11H13NO4/c1-8(13)11(16)12(7-10(14)15)9-5-3-2-4-6-9/h2-6,8,13H,7H2,1H3,(H,14,15). The number of carboxylic acid groups (broad SMARTS) is 1. The summed E-state index contributed by atoms with van der Waals surface area (Å²) in [5.41, 5.74) is 0.454. The van der Waals surface area contributed by atoms with Gasteiger partial charge >= 0.3 is 5.97 Å². The molecular formula is C11H13NO4. The highest BCUT2D eigenvalue weighted by molar-refractivity contribution is 5.99. The van der Waals surface area contributed by atoms with E-state index < -0.39 is 24.5 Å². The molecule has 0 fully saturated rings. The molecule has 0 bridgehead atoms. The zero-order valence-corrected chi connectivity index (χ0v) is 8.83. The SMILES string of the molecule is CC(O)C(=O)N(CC(=O)O)c1ccccc1. The molecule has 0 aliphatic heterocycles. The molecule has 1 aromatic carbocycles. The molecule has 0 aromatic heterocycles. The number of carboxylic acids is 1. The number of aliphatic carboxylic acids is 1. The minimum Gasteiger partial charge on any atom is -0.480 e. The quantitative estimate of drug-likeness (QED) is 0.778. The smallest absolute Gasteiger partial charge is 0.323 e. The van der Waals surface area contributed by atoms with Crippen LogP contribution in [0.4, 0.5) is 5.69 Å². The Labute approximate surface area is 92.9 Å². The number of anilines is 1. The van der Waals surface area contributed by atoms with Crippen LogP contribution in [-0.2, 0) is 9.59 Å². The molecule has 1 aromatic rings. The summed E-state index contributed by atoms with van der Waals surface area (Å²) < 4.78 is 0. The largest absolute Gasteiger partial charge is 0.480 e. The van der Waals surface area contributed by atoms with Gasteiger partial charge in [-0.15, -0.1) is 0 Å². The predicted octanol–water partition coefficient (Wildman–Crippen LogP) is 0.485. The maximum atomic E-state index is 11.6. The van der Waals surface area contributed by atoms with Gasteiger partial charge in [-0.05, 0) is 19.1 Å². The second kappa shape index (κ2) is 5.27. The van der Waals surface area contributed by atoms with Gasteiger partial charge in [0.25, 0.3) is 5.91 Å². The Hall–Kier alpha value is -1.88. The summed E-state index contributed by atoms with van der Waals surface area (Å²) >= 11 is 0. The van der Waals surface area contributed by atoms with Crippen LogP contribution in [0.5, 0.6) is 0 Å². The number of benzene rings is 1. The molecule has 0 aliphatic carbocycles. The molecule has 0 saturated carbocycles. The van der Waals surface area contributed by atoms with Crippen LogP contribution in [0, 0.1) is 0 Å². The van der Waals surface area contributed by atoms with Crippen molar-refractivity contribution in [1.29, 1.82) is 0 Å². The first-order valence-electron chi connectivity index (χ1n) is 4.78. The van der Waals surface area contributed by atoms with Gasteiger partial charge in [-0.3, -0.25) is 14.5 Å². The Kier molecular flexibility index (Phi) is 4.02. The van der Waals surface area contributed by atoms with E-state index in [0.717, 1.165) is 4.90 Å². The fraction of sp³-hybridized carbons (Fsp3) is 0.273. The maximum absolute atomic E-state index is 11.6. The van der Waals surface area contributed by atoms with E-state index in [9.17, 15) is 14.7 Å². The van der Waals surface area contributed by atoms with Crippen molar-refractivity contribution >= 4 is 17.6 Å². The third kappa shape index (κ3) is 3.06. The van der Waals surface area contributed by atoms with E-state index in [-0.39, 0.29) is 0 Å². The zero-order valence-electron chi connectivity index (χ0n) is 8.83. The molecule has 1 amide bonds. The summed E-state index contributed by atoms with van der Waals surface area (Å²) in [6, 6.07) is 8.38. The van der Waals surface area contributed by atoms with E-state index in [4.69, 9.17) is 5.11 Å². The zero-order chi connectivity index (χ0) is 12.1. The second-order valence-corrected chi connectivity index (χ2v) is 3.33. The Bertz CT molecular complexity index is 375. The van der Waals surface area contributed by atoms with E-state index in [0.29, 0.717) is 5.69 Å². The molecule has 2 N–H and O–H groups in total. The molecule has 1 rings (SSSR count). The molecule has 5 nitrogen and oxygen atoms in total. The van der Waals surface area contributed by atoms with Crippen LogP contribution in [-0.4, -0.2) is 34.7 Å². The molecule has 0 aliphatic rings. The number of nitrogens with zero attached hydrogens (tertiary/aromatic N) is 1. The van der Waals surface area contributed by atoms with Crippen LogP contribution < -0.4 is 4.90 Å². The number of hydrogen-bond donors (Lipinski definition) is 2. The second-order valence-electron chi connectivity index (χ2n) is 3.33. The van der Waals surface area contributed by atoms with Crippen molar-refractivity contribution in [3.8, 4) is 0 Å². The van der Waals surface area contributed by atoms with Crippen molar-refractivity contribution in [2.45, 2.75) is 13.0 Å². The highest BCUT2D eigenvalue weighted by Crippen LogP contribution is 2.14. The molecule has 86 valence electrons. The minimum absolute atomic E-state index is 0.454. The molecule has 1 unspecified atom stereocenters. The van der Waals surface area contributed by atoms with E-state index in [1.54, 1.807) is 30.3 Å². The Morgan fingerprint density at radius 1 is 1.31 bits per heavy atom. The third-order valence-corrected chi connectivity index (χ3v) is 1.98. The molecule has 0 saturated heterocycles. The number of hydrogen-bond acceptors (Lipinski definition) is 3. The van der Waals surface area contributed by atoms with Crippen molar-refractivity contribution in [3.63, 3.8) is 0 Å². The minimum atomic E-state index is -1.22. The third-order valence-electron chi connectivity index (χ3n) is 1.98. The summed E-state index contributed by atoms with van der Waals surface area (Å²) in [5, 5.41) is 17.9. The van der Waals surface area contributed by atoms with E-state index in [1.165, 1.54) is 6.92 Å². The molecule has 0 spiro atoms. The molecule has 16 heavy (non-hydrogen) atoms. The Morgan fingerprint density at radius 2 is 1.88 bits per heavy atom. The Balaban J connectivity index is 2.96. The number of carbonyl (C=O) groups is 2. The lowest BCUT2D eigenvalue weighted by Crippen LogP contribution is -2.41. The normalized spacial score (nSPS) is 11.9. The van der Waals surface area contributed by atoms with Crippen molar-refractivity contribution in [2.75, 3.05) is 11.4 Å². The van der Waals surface area contributed by atoms with Crippen LogP contribution in [0.1, 0.15) is 6.92 Å². The topological polar surface area (TPSA) is 77.8 Å². The van der Waals surface area contributed by atoms with Gasteiger partial charge in [0.1, 0.15) is 12.6 Å². The van der Waals surface area contributed by atoms with Gasteiger partial charge < -0.3 is 10.2 Å². The first-order chi connectivity index (χ1) is 7.52. The van der Waals surface area contributed by atoms with Crippen LogP contribution in [0.15, 0.2) is 30.3 Å². The van der Waals surface area contributed by atoms with Crippen LogP contribution in [0.3, 0.4) is 0 Å². The number of carbonyl (C=O) groups excluding carboxylic acids is 1. The summed E-state index contributed by atoms with van der Waals surface area (Å²) in [6.07, 6.45) is -1.22. The van der Waals surface area contributed by atoms with E-state index in [2.05, 4.69) is 0 Å². The fourth-order valence-corrected chi connectivity index (χ4v) is 1.27. The summed E-state index contributed by atoms with van der Waals surface area (Å²) in [5.74, 6) is -1.76. The van der Waals surface area contributed by atoms with Crippen LogP contribution in [0.25, 0.3) is 0 Å². The first kappa shape index (κ1) is 12.2. The first-order valence-corrected chi connectivity index (χ1v) is 4.78. The summed E-state index contributed by atoms with van der Waals surface area (Å²) in [7, 11) is 0. The summed E-state index contributed by atoms with van der Waals surface area (Å²) in [4.78, 5) is 23.3. The van der Waals surface area contributed by atoms with Gasteiger partial charge in [-0.2, -0.15) is 0 Å². The number of aliphatic hydroxyl groups is 1. The highest BCUT2D eigenvalue weighted by Gasteiger charge is 2.22. The lowest BCUT2D eigenvalue weighted by molar-refractivity contribution is -0.137. The van der Waals surface area contributed by atoms with E-state index >= 15 is 0 Å². The van der Waals surface area contributed by atoms with E-state index in [1.807, 2.05) is 0 Å². The molecular weight excluding hydrogens is 210 g/mol. The number of aliphatic hydroxyl groups excluding tert-OH is 1. The van der Waals surface area contributed by atoms with Crippen molar-refractivity contribution in [2.24, 2.45) is 0 Å². The molecule has 0 radical (unpaired) electrons.